The minimum absolute atomic E-state index is 0.102. The molecule has 0 saturated carbocycles. The Morgan fingerprint density at radius 1 is 1.03 bits per heavy atom. The Morgan fingerprint density at radius 2 is 1.76 bits per heavy atom. The fourth-order valence-corrected chi connectivity index (χ4v) is 4.29. The van der Waals surface area contributed by atoms with Crippen LogP contribution in [0.5, 0.6) is 0 Å². The first-order chi connectivity index (χ1) is 14.0. The lowest BCUT2D eigenvalue weighted by molar-refractivity contribution is 0.233. The molecule has 2 aliphatic rings. The number of nitrogens with zero attached hydrogens (tertiary/aromatic N) is 1. The molecule has 0 aromatic heterocycles. The highest BCUT2D eigenvalue weighted by atomic mass is 32.2. The number of allylic oxidation sites excluding steroid dienone is 1. The van der Waals surface area contributed by atoms with E-state index < -0.39 is 10.0 Å². The highest BCUT2D eigenvalue weighted by Gasteiger charge is 2.22. The monoisotopic (exact) mass is 408 g/mol. The number of rotatable bonds is 5. The second-order valence-electron chi connectivity index (χ2n) is 6.74. The van der Waals surface area contributed by atoms with E-state index in [1.54, 1.807) is 59.6 Å². The zero-order valence-electron chi connectivity index (χ0n) is 15.5. The van der Waals surface area contributed by atoms with Crippen molar-refractivity contribution in [3.63, 3.8) is 0 Å². The van der Waals surface area contributed by atoms with Gasteiger partial charge < -0.3 is 10.6 Å². The van der Waals surface area contributed by atoms with Crippen LogP contribution in [0.3, 0.4) is 0 Å². The molecule has 3 N–H and O–H groups in total. The zero-order chi connectivity index (χ0) is 20.3. The minimum atomic E-state index is -3.52. The number of amides is 2. The van der Waals surface area contributed by atoms with Gasteiger partial charge in [0.1, 0.15) is 0 Å². The summed E-state index contributed by atoms with van der Waals surface area (Å²) < 4.78 is 27.2. The molecule has 0 unspecified atom stereocenters. The van der Waals surface area contributed by atoms with E-state index in [9.17, 15) is 13.2 Å². The standard InChI is InChI=1S/C21H20N4O3S/c26-21(25-13-17-10-11-22-12-18(17)14-25)23-19-6-8-20(9-7-19)24-29(27,28)15-16-4-2-1-3-5-16/h1-13,22,24H,14-15H2,(H,23,26). The fourth-order valence-electron chi connectivity index (χ4n) is 3.09. The van der Waals surface area contributed by atoms with Crippen LogP contribution in [-0.4, -0.2) is 25.9 Å². The van der Waals surface area contributed by atoms with Crippen LogP contribution >= 0.6 is 0 Å². The first-order valence-electron chi connectivity index (χ1n) is 9.04. The number of hydrogen-bond donors (Lipinski definition) is 3. The molecule has 2 aromatic rings. The first kappa shape index (κ1) is 18.8. The molecule has 2 heterocycles. The van der Waals surface area contributed by atoms with E-state index in [1.807, 2.05) is 24.5 Å². The number of urea groups is 1. The van der Waals surface area contributed by atoms with E-state index in [2.05, 4.69) is 15.4 Å². The molecule has 0 saturated heterocycles. The molecule has 0 bridgehead atoms. The Bertz CT molecular complexity index is 1100. The number of hydrogen-bond acceptors (Lipinski definition) is 4. The summed E-state index contributed by atoms with van der Waals surface area (Å²) in [6.45, 7) is 0.496. The van der Waals surface area contributed by atoms with Gasteiger partial charge in [-0.05, 0) is 47.1 Å². The van der Waals surface area contributed by atoms with Crippen molar-refractivity contribution >= 4 is 27.4 Å². The van der Waals surface area contributed by atoms with Gasteiger partial charge in [0.2, 0.25) is 10.0 Å². The molecule has 7 nitrogen and oxygen atoms in total. The van der Waals surface area contributed by atoms with Crippen LogP contribution in [0.2, 0.25) is 0 Å². The van der Waals surface area contributed by atoms with Crippen LogP contribution in [-0.2, 0) is 15.8 Å². The van der Waals surface area contributed by atoms with Crippen LogP contribution in [0.4, 0.5) is 16.2 Å². The predicted octanol–water partition coefficient (Wildman–Crippen LogP) is 3.36. The van der Waals surface area contributed by atoms with Crippen LogP contribution < -0.4 is 15.4 Å². The highest BCUT2D eigenvalue weighted by molar-refractivity contribution is 7.91. The van der Waals surface area contributed by atoms with Crippen LogP contribution in [0, 0.1) is 0 Å². The summed E-state index contributed by atoms with van der Waals surface area (Å²) in [6.07, 6.45) is 7.40. The number of nitrogens with one attached hydrogen (secondary N) is 3. The van der Waals surface area contributed by atoms with E-state index in [1.165, 1.54) is 0 Å². The van der Waals surface area contributed by atoms with E-state index in [0.717, 1.165) is 11.1 Å². The van der Waals surface area contributed by atoms with Crippen molar-refractivity contribution in [1.82, 2.24) is 10.2 Å². The normalized spacial score (nSPS) is 15.1. The third-order valence-corrected chi connectivity index (χ3v) is 5.75. The number of anilines is 2. The minimum Gasteiger partial charge on any atom is -0.367 e. The molecule has 4 rings (SSSR count). The number of fused-ring (bicyclic) bond motifs is 1. The van der Waals surface area contributed by atoms with E-state index in [0.29, 0.717) is 23.5 Å². The Labute approximate surface area is 169 Å². The molecule has 2 amide bonds. The summed E-state index contributed by atoms with van der Waals surface area (Å²) in [6, 6.07) is 15.3. The molecule has 8 heteroatoms. The highest BCUT2D eigenvalue weighted by Crippen LogP contribution is 2.24. The van der Waals surface area contributed by atoms with Crippen molar-refractivity contribution in [1.29, 1.82) is 0 Å². The SMILES string of the molecule is O=C(Nc1ccc(NS(=O)(=O)Cc2ccccc2)cc1)N1C=C2C=CNC=C2C1. The maximum absolute atomic E-state index is 12.5. The van der Waals surface area contributed by atoms with Crippen molar-refractivity contribution < 1.29 is 13.2 Å². The molecule has 0 fully saturated rings. The number of sulfonamides is 1. The van der Waals surface area contributed by atoms with Gasteiger partial charge >= 0.3 is 6.03 Å². The van der Waals surface area contributed by atoms with Crippen molar-refractivity contribution in [3.8, 4) is 0 Å². The number of carbonyl (C=O) groups is 1. The fraction of sp³-hybridized carbons (Fsp3) is 0.0952. The second kappa shape index (κ2) is 7.84. The van der Waals surface area contributed by atoms with Gasteiger partial charge in [0.15, 0.2) is 0 Å². The summed E-state index contributed by atoms with van der Waals surface area (Å²) >= 11 is 0. The molecule has 29 heavy (non-hydrogen) atoms. The molecular weight excluding hydrogens is 388 g/mol. The number of benzene rings is 2. The van der Waals surface area contributed by atoms with Crippen molar-refractivity contribution in [2.45, 2.75) is 5.75 Å². The average molecular weight is 408 g/mol. The van der Waals surface area contributed by atoms with Gasteiger partial charge in [0, 0.05) is 30.0 Å². The van der Waals surface area contributed by atoms with Crippen LogP contribution in [0.25, 0.3) is 0 Å². The van der Waals surface area contributed by atoms with Gasteiger partial charge in [-0.3, -0.25) is 9.62 Å². The maximum atomic E-state index is 12.5. The lowest BCUT2D eigenvalue weighted by Gasteiger charge is -2.15. The van der Waals surface area contributed by atoms with E-state index in [4.69, 9.17) is 0 Å². The van der Waals surface area contributed by atoms with Crippen molar-refractivity contribution in [2.24, 2.45) is 0 Å². The Kier molecular flexibility index (Phi) is 5.09. The van der Waals surface area contributed by atoms with Gasteiger partial charge in [0.05, 0.1) is 12.3 Å². The molecular formula is C21H20N4O3S. The molecule has 0 aliphatic carbocycles. The second-order valence-corrected chi connectivity index (χ2v) is 8.46. The lowest BCUT2D eigenvalue weighted by atomic mass is 10.1. The third kappa shape index (κ3) is 4.67. The smallest absolute Gasteiger partial charge is 0.326 e. The zero-order valence-corrected chi connectivity index (χ0v) is 16.3. The maximum Gasteiger partial charge on any atom is 0.326 e. The van der Waals surface area contributed by atoms with Crippen LogP contribution in [0.15, 0.2) is 90.4 Å². The van der Waals surface area contributed by atoms with Gasteiger partial charge in [-0.25, -0.2) is 13.2 Å². The first-order valence-corrected chi connectivity index (χ1v) is 10.7. The lowest BCUT2D eigenvalue weighted by Crippen LogP contribution is -2.29. The molecule has 2 aromatic carbocycles. The largest absolute Gasteiger partial charge is 0.367 e. The van der Waals surface area contributed by atoms with Gasteiger partial charge in [-0.1, -0.05) is 30.3 Å². The van der Waals surface area contributed by atoms with E-state index in [-0.39, 0.29) is 11.8 Å². The van der Waals surface area contributed by atoms with Gasteiger partial charge in [-0.15, -0.1) is 0 Å². The topological polar surface area (TPSA) is 90.5 Å². The summed E-state index contributed by atoms with van der Waals surface area (Å²) in [7, 11) is -3.52. The average Bonchev–Trinajstić information content (AvgIpc) is 3.14. The third-order valence-electron chi connectivity index (χ3n) is 4.49. The molecule has 0 spiro atoms. The predicted molar refractivity (Wildman–Crippen MR) is 113 cm³/mol. The summed E-state index contributed by atoms with van der Waals surface area (Å²) in [5.74, 6) is -0.102. The van der Waals surface area contributed by atoms with Gasteiger partial charge in [-0.2, -0.15) is 0 Å². The molecule has 2 aliphatic heterocycles. The molecule has 0 radical (unpaired) electrons. The van der Waals surface area contributed by atoms with E-state index >= 15 is 0 Å². The Balaban J connectivity index is 1.36. The molecule has 148 valence electrons. The summed E-state index contributed by atoms with van der Waals surface area (Å²) in [4.78, 5) is 14.1. The van der Waals surface area contributed by atoms with Crippen molar-refractivity contribution in [2.75, 3.05) is 16.6 Å². The summed E-state index contributed by atoms with van der Waals surface area (Å²) in [5, 5.41) is 5.82. The molecule has 0 atom stereocenters. The quantitative estimate of drug-likeness (QED) is 0.708. The number of dihydropyridines is 1. The number of carbonyl (C=O) groups excluding carboxylic acids is 1. The Morgan fingerprint density at radius 3 is 2.48 bits per heavy atom. The van der Waals surface area contributed by atoms with Crippen molar-refractivity contribution in [3.05, 3.63) is 96.0 Å². The summed E-state index contributed by atoms with van der Waals surface area (Å²) in [5.41, 5.74) is 3.78. The van der Waals surface area contributed by atoms with Gasteiger partial charge in [0.25, 0.3) is 0 Å². The Hall–Kier alpha value is -3.52. The van der Waals surface area contributed by atoms with Crippen LogP contribution in [0.1, 0.15) is 5.56 Å².